The third kappa shape index (κ3) is 1.48. The van der Waals surface area contributed by atoms with Gasteiger partial charge in [0.25, 0.3) is 0 Å². The van der Waals surface area contributed by atoms with Gasteiger partial charge >= 0.3 is 0 Å². The molecule has 0 bridgehead atoms. The minimum atomic E-state index is -0.294. The Morgan fingerprint density at radius 3 is 3.00 bits per heavy atom. The van der Waals surface area contributed by atoms with Crippen LogP contribution in [0.25, 0.3) is 0 Å². The second-order valence-electron chi connectivity index (χ2n) is 2.62. The van der Waals surface area contributed by atoms with Crippen LogP contribution in [-0.2, 0) is 4.79 Å². The van der Waals surface area contributed by atoms with Crippen molar-refractivity contribution in [3.63, 3.8) is 0 Å². The van der Waals surface area contributed by atoms with Gasteiger partial charge in [-0.05, 0) is 13.3 Å². The third-order valence-electron chi connectivity index (χ3n) is 1.86. The molecule has 0 aliphatic carbocycles. The summed E-state index contributed by atoms with van der Waals surface area (Å²) in [6, 6.07) is 0. The third-order valence-corrected chi connectivity index (χ3v) is 1.86. The van der Waals surface area contributed by atoms with Crippen molar-refractivity contribution >= 4 is 5.91 Å². The van der Waals surface area contributed by atoms with Gasteiger partial charge < -0.3 is 10.0 Å². The first-order valence-corrected chi connectivity index (χ1v) is 3.70. The van der Waals surface area contributed by atoms with E-state index in [0.717, 1.165) is 6.54 Å². The van der Waals surface area contributed by atoms with E-state index in [1.807, 2.05) is 6.92 Å². The lowest BCUT2D eigenvalue weighted by Crippen LogP contribution is -2.42. The topological polar surface area (TPSA) is 40.5 Å². The highest BCUT2D eigenvalue weighted by molar-refractivity contribution is 5.76. The molecule has 1 aliphatic heterocycles. The second kappa shape index (κ2) is 3.01. The van der Waals surface area contributed by atoms with Crippen LogP contribution in [0, 0.1) is 0 Å². The van der Waals surface area contributed by atoms with E-state index in [4.69, 9.17) is 5.11 Å². The predicted octanol–water partition coefficient (Wildman–Crippen LogP) is -0.0104. The molecule has 1 heterocycles. The number of likely N-dealkylation sites (N-methyl/N-ethyl adjacent to an activating group) is 1. The fourth-order valence-corrected chi connectivity index (χ4v) is 1.20. The number of piperidine rings is 1. The van der Waals surface area contributed by atoms with Crippen LogP contribution in [0.3, 0.4) is 0 Å². The molecule has 1 amide bonds. The maximum Gasteiger partial charge on any atom is 0.222 e. The minimum Gasteiger partial charge on any atom is -0.391 e. The number of β-amino-alcohol motifs (C(OH)–C–C–N with tert-alkyl or cyclic N) is 1. The summed E-state index contributed by atoms with van der Waals surface area (Å²) < 4.78 is 0. The Morgan fingerprint density at radius 2 is 2.50 bits per heavy atom. The zero-order valence-electron chi connectivity index (χ0n) is 6.21. The van der Waals surface area contributed by atoms with Crippen LogP contribution in [0.1, 0.15) is 19.8 Å². The van der Waals surface area contributed by atoms with Crippen molar-refractivity contribution in [2.75, 3.05) is 13.1 Å². The minimum absolute atomic E-state index is 0.174. The van der Waals surface area contributed by atoms with Crippen LogP contribution >= 0.6 is 0 Å². The molecule has 0 spiro atoms. The van der Waals surface area contributed by atoms with E-state index < -0.39 is 0 Å². The summed E-state index contributed by atoms with van der Waals surface area (Å²) in [7, 11) is 0. The van der Waals surface area contributed by atoms with Crippen LogP contribution < -0.4 is 0 Å². The van der Waals surface area contributed by atoms with E-state index in [0.29, 0.717) is 19.4 Å². The highest BCUT2D eigenvalue weighted by Crippen LogP contribution is 2.10. The normalized spacial score (nSPS) is 27.2. The van der Waals surface area contributed by atoms with Crippen molar-refractivity contribution in [1.82, 2.24) is 4.90 Å². The molecule has 0 radical (unpaired) electrons. The largest absolute Gasteiger partial charge is 0.391 e. The summed E-state index contributed by atoms with van der Waals surface area (Å²) in [5.74, 6) is 0.174. The molecule has 1 rings (SSSR count). The van der Waals surface area contributed by atoms with E-state index in [1.165, 1.54) is 0 Å². The summed E-state index contributed by atoms with van der Waals surface area (Å²) in [4.78, 5) is 12.7. The number of hydrogen-bond acceptors (Lipinski definition) is 2. The van der Waals surface area contributed by atoms with E-state index in [2.05, 4.69) is 0 Å². The van der Waals surface area contributed by atoms with Gasteiger partial charge in [-0.3, -0.25) is 4.79 Å². The van der Waals surface area contributed by atoms with Crippen molar-refractivity contribution in [2.45, 2.75) is 25.9 Å². The highest BCUT2D eigenvalue weighted by atomic mass is 16.3. The van der Waals surface area contributed by atoms with Gasteiger partial charge in [-0.2, -0.15) is 0 Å². The fourth-order valence-electron chi connectivity index (χ4n) is 1.20. The molecule has 0 aromatic rings. The molecule has 0 aromatic carbocycles. The van der Waals surface area contributed by atoms with Crippen LogP contribution in [0.4, 0.5) is 0 Å². The van der Waals surface area contributed by atoms with Gasteiger partial charge in [-0.25, -0.2) is 0 Å². The number of hydrogen-bond donors (Lipinski definition) is 1. The summed E-state index contributed by atoms with van der Waals surface area (Å²) >= 11 is 0. The number of carbonyl (C=O) groups is 1. The quantitative estimate of drug-likeness (QED) is 0.561. The second-order valence-corrected chi connectivity index (χ2v) is 2.62. The lowest BCUT2D eigenvalue weighted by atomic mass is 10.1. The Labute approximate surface area is 60.6 Å². The first-order valence-electron chi connectivity index (χ1n) is 3.70. The first-order chi connectivity index (χ1) is 4.74. The Hall–Kier alpha value is -0.570. The Morgan fingerprint density at radius 1 is 1.80 bits per heavy atom. The molecule has 1 N–H and O–H groups in total. The molecule has 3 nitrogen and oxygen atoms in total. The lowest BCUT2D eigenvalue weighted by Gasteiger charge is -2.28. The molecule has 10 heavy (non-hydrogen) atoms. The molecule has 1 atom stereocenters. The first kappa shape index (κ1) is 7.54. The zero-order valence-corrected chi connectivity index (χ0v) is 6.21. The number of aliphatic hydroxyl groups excluding tert-OH is 1. The van der Waals surface area contributed by atoms with Crippen LogP contribution in [0.2, 0.25) is 0 Å². The average Bonchev–Trinajstić information content (AvgIpc) is 1.94. The molecule has 0 aromatic heterocycles. The van der Waals surface area contributed by atoms with Gasteiger partial charge in [0, 0.05) is 19.5 Å². The van der Waals surface area contributed by atoms with E-state index >= 15 is 0 Å². The van der Waals surface area contributed by atoms with Crippen molar-refractivity contribution in [3.05, 3.63) is 0 Å². The van der Waals surface area contributed by atoms with Gasteiger partial charge in [-0.15, -0.1) is 0 Å². The Kier molecular flexibility index (Phi) is 2.27. The van der Waals surface area contributed by atoms with Gasteiger partial charge in [0.1, 0.15) is 0 Å². The predicted molar refractivity (Wildman–Crippen MR) is 37.5 cm³/mol. The van der Waals surface area contributed by atoms with E-state index in [9.17, 15) is 4.79 Å². The number of carbonyl (C=O) groups excluding carboxylic acids is 1. The molecule has 1 saturated heterocycles. The smallest absolute Gasteiger partial charge is 0.222 e. The van der Waals surface area contributed by atoms with Crippen LogP contribution in [0.15, 0.2) is 0 Å². The molecule has 0 unspecified atom stereocenters. The molecule has 1 fully saturated rings. The van der Waals surface area contributed by atoms with Crippen molar-refractivity contribution < 1.29 is 9.90 Å². The summed E-state index contributed by atoms with van der Waals surface area (Å²) in [6.07, 6.45) is 0.849. The van der Waals surface area contributed by atoms with Gasteiger partial charge in [-0.1, -0.05) is 0 Å². The number of rotatable bonds is 1. The van der Waals surface area contributed by atoms with Crippen molar-refractivity contribution in [3.8, 4) is 0 Å². The maximum absolute atomic E-state index is 11.0. The number of nitrogens with zero attached hydrogens (tertiary/aromatic N) is 1. The molecular formula is C7H13NO2. The van der Waals surface area contributed by atoms with Gasteiger partial charge in [0.05, 0.1) is 6.10 Å². The van der Waals surface area contributed by atoms with E-state index in [1.54, 1.807) is 4.90 Å². The summed E-state index contributed by atoms with van der Waals surface area (Å²) in [6.45, 7) is 3.17. The van der Waals surface area contributed by atoms with Crippen molar-refractivity contribution in [2.24, 2.45) is 0 Å². The van der Waals surface area contributed by atoms with E-state index in [-0.39, 0.29) is 12.0 Å². The standard InChI is InChI=1S/C7H13NO2/c1-2-8-5-6(9)3-4-7(8)10/h6,9H,2-5H2,1H3/t6-/m1/s1. The number of amides is 1. The molecular weight excluding hydrogens is 130 g/mol. The Balaban J connectivity index is 2.45. The van der Waals surface area contributed by atoms with Crippen LogP contribution in [0.5, 0.6) is 0 Å². The molecule has 0 saturated carbocycles. The Bertz CT molecular complexity index is 136. The number of likely N-dealkylation sites (tertiary alicyclic amines) is 1. The number of aliphatic hydroxyl groups is 1. The summed E-state index contributed by atoms with van der Waals surface area (Å²) in [5, 5.41) is 9.13. The van der Waals surface area contributed by atoms with Crippen molar-refractivity contribution in [1.29, 1.82) is 0 Å². The highest BCUT2D eigenvalue weighted by Gasteiger charge is 2.21. The maximum atomic E-state index is 11.0. The molecule has 1 aliphatic rings. The lowest BCUT2D eigenvalue weighted by molar-refractivity contribution is -0.136. The van der Waals surface area contributed by atoms with Crippen LogP contribution in [-0.4, -0.2) is 35.1 Å². The summed E-state index contributed by atoms with van der Waals surface area (Å²) in [5.41, 5.74) is 0. The average molecular weight is 143 g/mol. The zero-order chi connectivity index (χ0) is 7.56. The van der Waals surface area contributed by atoms with Gasteiger partial charge in [0.2, 0.25) is 5.91 Å². The monoisotopic (exact) mass is 143 g/mol. The fraction of sp³-hybridized carbons (Fsp3) is 0.857. The van der Waals surface area contributed by atoms with Gasteiger partial charge in [0.15, 0.2) is 0 Å². The molecule has 3 heteroatoms. The SMILES string of the molecule is CCN1C[C@H](O)CCC1=O. The molecule has 58 valence electrons.